The number of hydrogen-bond acceptors (Lipinski definition) is 2. The van der Waals surface area contributed by atoms with Gasteiger partial charge in [0.2, 0.25) is 0 Å². The van der Waals surface area contributed by atoms with Crippen LogP contribution in [-0.4, -0.2) is 12.4 Å². The van der Waals surface area contributed by atoms with Gasteiger partial charge in [-0.3, -0.25) is 0 Å². The van der Waals surface area contributed by atoms with E-state index in [4.69, 9.17) is 4.74 Å². The third-order valence-corrected chi connectivity index (χ3v) is 3.47. The van der Waals surface area contributed by atoms with Gasteiger partial charge in [0.1, 0.15) is 11.6 Å². The van der Waals surface area contributed by atoms with Crippen molar-refractivity contribution in [1.29, 1.82) is 0 Å². The van der Waals surface area contributed by atoms with Crippen molar-refractivity contribution in [3.63, 3.8) is 0 Å². The van der Waals surface area contributed by atoms with Crippen LogP contribution < -0.4 is 4.74 Å². The number of rotatable bonds is 5. The lowest BCUT2D eigenvalue weighted by Crippen LogP contribution is -2.00. The van der Waals surface area contributed by atoms with Crippen molar-refractivity contribution < 1.29 is 9.13 Å². The smallest absolute Gasteiger partial charge is 0.126 e. The fourth-order valence-electron chi connectivity index (χ4n) is 1.54. The maximum absolute atomic E-state index is 13.0. The average Bonchev–Trinajstić information content (AvgIpc) is 2.40. The summed E-state index contributed by atoms with van der Waals surface area (Å²) in [6.45, 7) is 2.35. The van der Waals surface area contributed by atoms with Gasteiger partial charge >= 0.3 is 0 Å². The Bertz CT molecular complexity index is 499. The Balaban J connectivity index is 1.77. The third-order valence-electron chi connectivity index (χ3n) is 2.49. The highest BCUT2D eigenvalue weighted by Gasteiger charge is 2.00. The highest BCUT2D eigenvalue weighted by molar-refractivity contribution is 7.99. The lowest BCUT2D eigenvalue weighted by Gasteiger charge is -2.07. The molecule has 0 aliphatic carbocycles. The summed E-state index contributed by atoms with van der Waals surface area (Å²) in [5.74, 6) is 1.41. The molecule has 0 fully saturated rings. The number of hydrogen-bond donors (Lipinski definition) is 0. The van der Waals surface area contributed by atoms with Gasteiger partial charge < -0.3 is 4.74 Å². The molecule has 94 valence electrons. The Labute approximate surface area is 111 Å². The van der Waals surface area contributed by atoms with E-state index >= 15 is 0 Å². The van der Waals surface area contributed by atoms with E-state index in [0.717, 1.165) is 11.5 Å². The minimum Gasteiger partial charge on any atom is -0.493 e. The van der Waals surface area contributed by atoms with Crippen LogP contribution in [-0.2, 0) is 0 Å². The van der Waals surface area contributed by atoms with Crippen molar-refractivity contribution in [2.45, 2.75) is 11.8 Å². The van der Waals surface area contributed by atoms with Crippen LogP contribution in [0.2, 0.25) is 0 Å². The molecule has 2 aromatic rings. The lowest BCUT2D eigenvalue weighted by molar-refractivity contribution is 0.343. The van der Waals surface area contributed by atoms with Crippen LogP contribution in [0.5, 0.6) is 5.75 Å². The first-order valence-corrected chi connectivity index (χ1v) is 6.81. The van der Waals surface area contributed by atoms with Gasteiger partial charge in [0.05, 0.1) is 6.61 Å². The van der Waals surface area contributed by atoms with Crippen molar-refractivity contribution >= 4 is 11.8 Å². The van der Waals surface area contributed by atoms with Crippen molar-refractivity contribution in [1.82, 2.24) is 0 Å². The second kappa shape index (κ2) is 6.45. The van der Waals surface area contributed by atoms with Crippen LogP contribution in [0.3, 0.4) is 0 Å². The Morgan fingerprint density at radius 1 is 1.11 bits per heavy atom. The Hall–Kier alpha value is -1.48. The van der Waals surface area contributed by atoms with E-state index in [-0.39, 0.29) is 5.82 Å². The van der Waals surface area contributed by atoms with Gasteiger partial charge in [0.25, 0.3) is 0 Å². The predicted molar refractivity (Wildman–Crippen MR) is 73.8 cm³/mol. The molecule has 0 aliphatic heterocycles. The maximum atomic E-state index is 13.0. The van der Waals surface area contributed by atoms with E-state index in [2.05, 4.69) is 12.1 Å². The van der Waals surface area contributed by atoms with Crippen LogP contribution in [0.15, 0.2) is 53.4 Å². The van der Waals surface area contributed by atoms with Crippen molar-refractivity contribution in [2.75, 3.05) is 12.4 Å². The Kier molecular flexibility index (Phi) is 4.65. The monoisotopic (exact) mass is 262 g/mol. The summed E-state index contributed by atoms with van der Waals surface area (Å²) >= 11 is 1.75. The molecule has 18 heavy (non-hydrogen) atoms. The minimum atomic E-state index is -0.194. The van der Waals surface area contributed by atoms with Crippen LogP contribution in [0, 0.1) is 12.7 Å². The van der Waals surface area contributed by atoms with Crippen LogP contribution in [0.25, 0.3) is 0 Å². The highest BCUT2D eigenvalue weighted by atomic mass is 32.2. The number of aryl methyl sites for hydroxylation is 1. The normalized spacial score (nSPS) is 10.3. The van der Waals surface area contributed by atoms with Gasteiger partial charge in [0, 0.05) is 10.6 Å². The molecule has 0 aliphatic rings. The lowest BCUT2D eigenvalue weighted by atomic mass is 10.2. The summed E-state index contributed by atoms with van der Waals surface area (Å²) < 4.78 is 18.6. The second-order valence-electron chi connectivity index (χ2n) is 3.92. The molecule has 3 heteroatoms. The zero-order valence-corrected chi connectivity index (χ0v) is 11.0. The van der Waals surface area contributed by atoms with Gasteiger partial charge in [0.15, 0.2) is 0 Å². The number of halogens is 1. The summed E-state index contributed by atoms with van der Waals surface area (Å²) in [5, 5.41) is 0. The van der Waals surface area contributed by atoms with E-state index in [1.165, 1.54) is 11.0 Å². The topological polar surface area (TPSA) is 9.23 Å². The molecule has 0 atom stereocenters. The molecular weight excluding hydrogens is 247 g/mol. The largest absolute Gasteiger partial charge is 0.493 e. The van der Waals surface area contributed by atoms with E-state index < -0.39 is 0 Å². The number of benzene rings is 2. The zero-order chi connectivity index (χ0) is 12.8. The summed E-state index contributed by atoms with van der Waals surface area (Å²) in [7, 11) is 0. The summed E-state index contributed by atoms with van der Waals surface area (Å²) in [5.41, 5.74) is 0.614. The summed E-state index contributed by atoms with van der Waals surface area (Å²) in [6, 6.07) is 15.0. The Morgan fingerprint density at radius 2 is 1.89 bits per heavy atom. The second-order valence-corrected chi connectivity index (χ2v) is 5.09. The van der Waals surface area contributed by atoms with Crippen molar-refractivity contribution in [3.05, 3.63) is 59.9 Å². The minimum absolute atomic E-state index is 0.194. The Morgan fingerprint density at radius 3 is 2.61 bits per heavy atom. The molecule has 0 unspecified atom stereocenters. The molecule has 1 nitrogen and oxygen atoms in total. The molecule has 0 radical (unpaired) electrons. The van der Waals surface area contributed by atoms with Crippen molar-refractivity contribution in [3.8, 4) is 5.75 Å². The molecule has 2 aromatic carbocycles. The molecule has 0 amide bonds. The average molecular weight is 262 g/mol. The van der Waals surface area contributed by atoms with Crippen LogP contribution in [0.4, 0.5) is 4.39 Å². The molecule has 0 heterocycles. The molecule has 0 aromatic heterocycles. The maximum Gasteiger partial charge on any atom is 0.126 e. The van der Waals surface area contributed by atoms with Crippen LogP contribution >= 0.6 is 11.8 Å². The molecule has 0 bridgehead atoms. The highest BCUT2D eigenvalue weighted by Crippen LogP contribution is 2.19. The van der Waals surface area contributed by atoms with Gasteiger partial charge in [-0.1, -0.05) is 18.2 Å². The standard InChI is InChI=1S/C15H15FOS/c1-12-11-13(7-8-15(12)16)17-9-10-18-14-5-3-2-4-6-14/h2-8,11H,9-10H2,1H3. The van der Waals surface area contributed by atoms with Crippen LogP contribution in [0.1, 0.15) is 5.56 Å². The van der Waals surface area contributed by atoms with E-state index in [1.807, 2.05) is 18.2 Å². The first-order valence-electron chi connectivity index (χ1n) is 5.82. The zero-order valence-electron chi connectivity index (χ0n) is 10.2. The SMILES string of the molecule is Cc1cc(OCCSc2ccccc2)ccc1F. The van der Waals surface area contributed by atoms with E-state index in [1.54, 1.807) is 30.8 Å². The van der Waals surface area contributed by atoms with Crippen molar-refractivity contribution in [2.24, 2.45) is 0 Å². The number of thioether (sulfide) groups is 1. The fourth-order valence-corrected chi connectivity index (χ4v) is 2.29. The van der Waals surface area contributed by atoms with Gasteiger partial charge in [-0.15, -0.1) is 11.8 Å². The fraction of sp³-hybridized carbons (Fsp3) is 0.200. The first kappa shape index (κ1) is 13.0. The first-order chi connectivity index (χ1) is 8.75. The molecule has 0 saturated heterocycles. The molecule has 0 N–H and O–H groups in total. The van der Waals surface area contributed by atoms with E-state index in [9.17, 15) is 4.39 Å². The van der Waals surface area contributed by atoms with E-state index in [0.29, 0.717) is 12.2 Å². The molecular formula is C15H15FOS. The molecule has 2 rings (SSSR count). The quantitative estimate of drug-likeness (QED) is 0.586. The van der Waals surface area contributed by atoms with Gasteiger partial charge in [-0.2, -0.15) is 0 Å². The molecule has 0 saturated carbocycles. The summed E-state index contributed by atoms with van der Waals surface area (Å²) in [4.78, 5) is 1.23. The van der Waals surface area contributed by atoms with Gasteiger partial charge in [-0.25, -0.2) is 4.39 Å². The number of ether oxygens (including phenoxy) is 1. The predicted octanol–water partition coefficient (Wildman–Crippen LogP) is 4.31. The third kappa shape index (κ3) is 3.77. The summed E-state index contributed by atoms with van der Waals surface area (Å²) in [6.07, 6.45) is 0. The molecule has 0 spiro atoms. The van der Waals surface area contributed by atoms with Gasteiger partial charge in [-0.05, 0) is 42.8 Å².